The van der Waals surface area contributed by atoms with Crippen LogP contribution in [0.25, 0.3) is 0 Å². The topological polar surface area (TPSA) is 105 Å². The average Bonchev–Trinajstić information content (AvgIpc) is 2.62. The predicted molar refractivity (Wildman–Crippen MR) is 97.5 cm³/mol. The Bertz CT molecular complexity index is 835. The molecule has 0 fully saturated rings. The Kier molecular flexibility index (Phi) is 7.28. The van der Waals surface area contributed by atoms with Crippen molar-refractivity contribution in [3.8, 4) is 0 Å². The third kappa shape index (κ3) is 5.92. The SMILES string of the molecule is COCCNS(=O)(=O)c1ccc(CNCc2cccc(C(=O)O)c2)cc1. The highest BCUT2D eigenvalue weighted by atomic mass is 32.2. The zero-order valence-corrected chi connectivity index (χ0v) is 15.3. The number of benzene rings is 2. The first-order valence-corrected chi connectivity index (χ1v) is 9.51. The first kappa shape index (κ1) is 20.1. The van der Waals surface area contributed by atoms with Crippen molar-refractivity contribution in [1.82, 2.24) is 10.0 Å². The van der Waals surface area contributed by atoms with Gasteiger partial charge in [0.2, 0.25) is 10.0 Å². The monoisotopic (exact) mass is 378 g/mol. The lowest BCUT2D eigenvalue weighted by molar-refractivity contribution is 0.0696. The number of carboxylic acids is 1. The summed E-state index contributed by atoms with van der Waals surface area (Å²) in [6, 6.07) is 13.3. The van der Waals surface area contributed by atoms with Crippen molar-refractivity contribution >= 4 is 16.0 Å². The number of methoxy groups -OCH3 is 1. The van der Waals surface area contributed by atoms with E-state index >= 15 is 0 Å². The van der Waals surface area contributed by atoms with Crippen LogP contribution in [-0.4, -0.2) is 39.8 Å². The highest BCUT2D eigenvalue weighted by molar-refractivity contribution is 7.89. The van der Waals surface area contributed by atoms with Crippen molar-refractivity contribution in [1.29, 1.82) is 0 Å². The molecule has 0 aliphatic rings. The molecule has 0 atom stereocenters. The van der Waals surface area contributed by atoms with Crippen molar-refractivity contribution < 1.29 is 23.1 Å². The lowest BCUT2D eigenvalue weighted by Crippen LogP contribution is -2.27. The molecular formula is C18H22N2O5S. The number of sulfonamides is 1. The normalized spacial score (nSPS) is 11.4. The van der Waals surface area contributed by atoms with Gasteiger partial charge in [0.25, 0.3) is 0 Å². The van der Waals surface area contributed by atoms with Gasteiger partial charge in [-0.3, -0.25) is 0 Å². The van der Waals surface area contributed by atoms with Crippen LogP contribution in [0.5, 0.6) is 0 Å². The maximum Gasteiger partial charge on any atom is 0.335 e. The molecule has 0 aliphatic heterocycles. The zero-order chi connectivity index (χ0) is 19.0. The lowest BCUT2D eigenvalue weighted by atomic mass is 10.1. The number of carbonyl (C=O) groups is 1. The van der Waals surface area contributed by atoms with Gasteiger partial charge in [-0.25, -0.2) is 17.9 Å². The van der Waals surface area contributed by atoms with Crippen LogP contribution in [0.4, 0.5) is 0 Å². The molecule has 7 nitrogen and oxygen atoms in total. The number of carboxylic acid groups (broad SMARTS) is 1. The summed E-state index contributed by atoms with van der Waals surface area (Å²) in [5.74, 6) is -0.956. The second-order valence-electron chi connectivity index (χ2n) is 5.64. The Morgan fingerprint density at radius 3 is 2.42 bits per heavy atom. The Labute approximate surface area is 153 Å². The summed E-state index contributed by atoms with van der Waals surface area (Å²) in [7, 11) is -2.02. The summed E-state index contributed by atoms with van der Waals surface area (Å²) in [6.07, 6.45) is 0. The van der Waals surface area contributed by atoms with Crippen LogP contribution in [0.3, 0.4) is 0 Å². The van der Waals surface area contributed by atoms with Gasteiger partial charge in [-0.05, 0) is 35.4 Å². The minimum atomic E-state index is -3.53. The number of nitrogens with one attached hydrogen (secondary N) is 2. The molecule has 2 aromatic carbocycles. The molecule has 0 radical (unpaired) electrons. The Morgan fingerprint density at radius 1 is 1.08 bits per heavy atom. The average molecular weight is 378 g/mol. The van der Waals surface area contributed by atoms with Crippen molar-refractivity contribution in [2.24, 2.45) is 0 Å². The predicted octanol–water partition coefficient (Wildman–Crippen LogP) is 1.60. The van der Waals surface area contributed by atoms with E-state index in [0.717, 1.165) is 11.1 Å². The molecule has 2 aromatic rings. The minimum absolute atomic E-state index is 0.200. The fourth-order valence-electron chi connectivity index (χ4n) is 2.31. The smallest absolute Gasteiger partial charge is 0.335 e. The second kappa shape index (κ2) is 9.44. The largest absolute Gasteiger partial charge is 0.478 e. The molecule has 0 unspecified atom stereocenters. The second-order valence-corrected chi connectivity index (χ2v) is 7.41. The van der Waals surface area contributed by atoms with Crippen LogP contribution in [-0.2, 0) is 27.8 Å². The molecule has 0 aromatic heterocycles. The van der Waals surface area contributed by atoms with Crippen LogP contribution >= 0.6 is 0 Å². The maximum atomic E-state index is 12.1. The van der Waals surface area contributed by atoms with Gasteiger partial charge < -0.3 is 15.2 Å². The van der Waals surface area contributed by atoms with E-state index in [2.05, 4.69) is 10.0 Å². The first-order chi connectivity index (χ1) is 12.4. The molecular weight excluding hydrogens is 356 g/mol. The molecule has 0 bridgehead atoms. The summed E-state index contributed by atoms with van der Waals surface area (Å²) < 4.78 is 31.4. The summed E-state index contributed by atoms with van der Waals surface area (Å²) in [6.45, 7) is 1.58. The number of aromatic carboxylic acids is 1. The van der Waals surface area contributed by atoms with Gasteiger partial charge in [-0.15, -0.1) is 0 Å². The summed E-state index contributed by atoms with van der Waals surface area (Å²) in [5.41, 5.74) is 2.04. The molecule has 3 N–H and O–H groups in total. The van der Waals surface area contributed by atoms with Crippen LogP contribution in [0, 0.1) is 0 Å². The van der Waals surface area contributed by atoms with Crippen LogP contribution in [0.15, 0.2) is 53.4 Å². The highest BCUT2D eigenvalue weighted by Gasteiger charge is 2.12. The van der Waals surface area contributed by atoms with Crippen LogP contribution in [0.1, 0.15) is 21.5 Å². The molecule has 140 valence electrons. The first-order valence-electron chi connectivity index (χ1n) is 8.03. The molecule has 0 aliphatic carbocycles. The van der Waals surface area contributed by atoms with E-state index in [1.54, 1.807) is 42.5 Å². The van der Waals surface area contributed by atoms with Gasteiger partial charge in [-0.2, -0.15) is 0 Å². The Hall–Kier alpha value is -2.26. The van der Waals surface area contributed by atoms with Crippen molar-refractivity contribution in [2.45, 2.75) is 18.0 Å². The van der Waals surface area contributed by atoms with Gasteiger partial charge in [0.1, 0.15) is 0 Å². The Morgan fingerprint density at radius 2 is 1.77 bits per heavy atom. The standard InChI is InChI=1S/C18H22N2O5S/c1-25-10-9-20-26(23,24)17-7-5-14(6-8-17)12-19-13-15-3-2-4-16(11-15)18(21)22/h2-8,11,19-20H,9-10,12-13H2,1H3,(H,21,22). The van der Waals surface area contributed by atoms with E-state index in [9.17, 15) is 13.2 Å². The number of ether oxygens (including phenoxy) is 1. The molecule has 0 saturated heterocycles. The maximum absolute atomic E-state index is 12.1. The van der Waals surface area contributed by atoms with Crippen molar-refractivity contribution in [3.05, 3.63) is 65.2 Å². The van der Waals surface area contributed by atoms with Gasteiger partial charge >= 0.3 is 5.97 Å². The third-order valence-electron chi connectivity index (χ3n) is 3.66. The number of hydrogen-bond acceptors (Lipinski definition) is 5. The summed E-state index contributed by atoms with van der Waals surface area (Å²) in [5, 5.41) is 12.2. The fraction of sp³-hybridized carbons (Fsp3) is 0.278. The van der Waals surface area contributed by atoms with Gasteiger partial charge in [0.15, 0.2) is 0 Å². The molecule has 0 saturated carbocycles. The van der Waals surface area contributed by atoms with Crippen molar-refractivity contribution in [3.63, 3.8) is 0 Å². The molecule has 0 amide bonds. The third-order valence-corrected chi connectivity index (χ3v) is 5.14. The highest BCUT2D eigenvalue weighted by Crippen LogP contribution is 2.11. The number of hydrogen-bond donors (Lipinski definition) is 3. The number of rotatable bonds is 10. The van der Waals surface area contributed by atoms with Gasteiger partial charge in [0, 0.05) is 26.7 Å². The van der Waals surface area contributed by atoms with Gasteiger partial charge in [-0.1, -0.05) is 24.3 Å². The lowest BCUT2D eigenvalue weighted by Gasteiger charge is -2.09. The molecule has 0 spiro atoms. The molecule has 0 heterocycles. The summed E-state index contributed by atoms with van der Waals surface area (Å²) in [4.78, 5) is 11.2. The van der Waals surface area contributed by atoms with E-state index in [1.807, 2.05) is 6.07 Å². The minimum Gasteiger partial charge on any atom is -0.478 e. The fourth-order valence-corrected chi connectivity index (χ4v) is 3.33. The molecule has 26 heavy (non-hydrogen) atoms. The van der Waals surface area contributed by atoms with Gasteiger partial charge in [0.05, 0.1) is 17.1 Å². The van der Waals surface area contributed by atoms with Crippen LogP contribution < -0.4 is 10.0 Å². The molecule has 8 heteroatoms. The summed E-state index contributed by atoms with van der Waals surface area (Å²) >= 11 is 0. The van der Waals surface area contributed by atoms with E-state index in [4.69, 9.17) is 9.84 Å². The van der Waals surface area contributed by atoms with Crippen molar-refractivity contribution in [2.75, 3.05) is 20.3 Å². The zero-order valence-electron chi connectivity index (χ0n) is 14.4. The Balaban J connectivity index is 1.89. The molecule has 2 rings (SSSR count). The van der Waals surface area contributed by atoms with Crippen LogP contribution in [0.2, 0.25) is 0 Å². The van der Waals surface area contributed by atoms with E-state index in [0.29, 0.717) is 19.7 Å². The van der Waals surface area contributed by atoms with E-state index in [1.165, 1.54) is 7.11 Å². The van der Waals surface area contributed by atoms with E-state index < -0.39 is 16.0 Å². The van der Waals surface area contributed by atoms with E-state index in [-0.39, 0.29) is 17.0 Å². The quantitative estimate of drug-likeness (QED) is 0.543.